The molecule has 0 atom stereocenters. The smallest absolute Gasteiger partial charge is 0.138 e. The van der Waals surface area contributed by atoms with Crippen LogP contribution in [0.15, 0.2) is 39.5 Å². The quantitative estimate of drug-likeness (QED) is 0.778. The van der Waals surface area contributed by atoms with E-state index in [0.29, 0.717) is 0 Å². The Labute approximate surface area is 111 Å². The Kier molecular flexibility index (Phi) is 3.09. The van der Waals surface area contributed by atoms with E-state index in [-0.39, 0.29) is 0 Å². The summed E-state index contributed by atoms with van der Waals surface area (Å²) in [5, 5.41) is 8.51. The molecule has 0 unspecified atom stereocenters. The molecular weight excluding hydrogens is 240 g/mol. The van der Waals surface area contributed by atoms with Gasteiger partial charge in [-0.25, -0.2) is 0 Å². The summed E-state index contributed by atoms with van der Waals surface area (Å²) in [7, 11) is 0. The molecule has 0 bridgehead atoms. The maximum atomic E-state index is 5.51. The molecule has 0 fully saturated rings. The van der Waals surface area contributed by atoms with Gasteiger partial charge < -0.3 is 14.3 Å². The van der Waals surface area contributed by atoms with Crippen LogP contribution in [0.4, 0.5) is 0 Å². The van der Waals surface area contributed by atoms with Gasteiger partial charge in [-0.05, 0) is 19.9 Å². The van der Waals surface area contributed by atoms with Crippen LogP contribution in [0, 0.1) is 13.8 Å². The summed E-state index contributed by atoms with van der Waals surface area (Å²) in [6.07, 6.45) is 1.81. The molecule has 0 aliphatic carbocycles. The Bertz CT molecular complexity index is 678. The summed E-state index contributed by atoms with van der Waals surface area (Å²) < 4.78 is 10.7. The zero-order valence-corrected chi connectivity index (χ0v) is 11.1. The number of rotatable bonds is 4. The summed E-state index contributed by atoms with van der Waals surface area (Å²) >= 11 is 0. The molecule has 0 aliphatic rings. The largest absolute Gasteiger partial charge is 0.464 e. The van der Waals surface area contributed by atoms with Gasteiger partial charge in [0.2, 0.25) is 0 Å². The minimum absolute atomic E-state index is 0.751. The number of nitrogens with one attached hydrogen (secondary N) is 1. The van der Waals surface area contributed by atoms with Crippen LogP contribution in [0.3, 0.4) is 0 Å². The topological polar surface area (TPSA) is 51.2 Å². The van der Waals surface area contributed by atoms with Crippen molar-refractivity contribution in [2.75, 3.05) is 0 Å². The molecule has 1 N–H and O–H groups in total. The van der Waals surface area contributed by atoms with Crippen LogP contribution in [-0.2, 0) is 13.1 Å². The van der Waals surface area contributed by atoms with Crippen LogP contribution < -0.4 is 5.32 Å². The van der Waals surface area contributed by atoms with Crippen LogP contribution in [0.2, 0.25) is 0 Å². The van der Waals surface area contributed by atoms with E-state index in [4.69, 9.17) is 8.94 Å². The van der Waals surface area contributed by atoms with Crippen LogP contribution >= 0.6 is 0 Å². The number of hydrogen-bond acceptors (Lipinski definition) is 4. The molecule has 3 aromatic rings. The highest BCUT2D eigenvalue weighted by atomic mass is 16.5. The highest BCUT2D eigenvalue weighted by Gasteiger charge is 2.09. The van der Waals surface area contributed by atoms with E-state index in [2.05, 4.69) is 16.5 Å². The van der Waals surface area contributed by atoms with Crippen molar-refractivity contribution in [1.82, 2.24) is 10.5 Å². The van der Waals surface area contributed by atoms with Gasteiger partial charge in [0.1, 0.15) is 11.3 Å². The van der Waals surface area contributed by atoms with Crippen molar-refractivity contribution in [2.24, 2.45) is 0 Å². The van der Waals surface area contributed by atoms with Crippen molar-refractivity contribution in [3.8, 4) is 0 Å². The highest BCUT2D eigenvalue weighted by Crippen LogP contribution is 2.20. The second-order valence-corrected chi connectivity index (χ2v) is 4.66. The Morgan fingerprint density at radius 2 is 2.00 bits per heavy atom. The third-order valence-corrected chi connectivity index (χ3v) is 3.36. The Balaban J connectivity index is 1.70. The molecule has 19 heavy (non-hydrogen) atoms. The van der Waals surface area contributed by atoms with E-state index >= 15 is 0 Å². The molecule has 1 aromatic carbocycles. The van der Waals surface area contributed by atoms with Gasteiger partial charge in [-0.15, -0.1) is 0 Å². The fraction of sp³-hybridized carbons (Fsp3) is 0.267. The van der Waals surface area contributed by atoms with Crippen molar-refractivity contribution in [3.63, 3.8) is 0 Å². The number of aromatic nitrogens is 1. The fourth-order valence-corrected chi connectivity index (χ4v) is 2.25. The molecule has 0 spiro atoms. The zero-order chi connectivity index (χ0) is 13.2. The van der Waals surface area contributed by atoms with Gasteiger partial charge in [-0.1, -0.05) is 23.4 Å². The minimum Gasteiger partial charge on any atom is -0.464 e. The molecule has 98 valence electrons. The second kappa shape index (κ2) is 4.90. The SMILES string of the molecule is Cc1noc(C)c1CNCc1coc2ccccc12. The summed E-state index contributed by atoms with van der Waals surface area (Å²) in [4.78, 5) is 0. The lowest BCUT2D eigenvalue weighted by molar-refractivity contribution is 0.392. The summed E-state index contributed by atoms with van der Waals surface area (Å²) in [5.74, 6) is 0.877. The van der Waals surface area contributed by atoms with Crippen LogP contribution in [-0.4, -0.2) is 5.16 Å². The molecular formula is C15H16N2O2. The number of benzene rings is 1. The maximum absolute atomic E-state index is 5.51. The van der Waals surface area contributed by atoms with Crippen molar-refractivity contribution in [3.05, 3.63) is 53.1 Å². The number of furan rings is 1. The Morgan fingerprint density at radius 1 is 1.16 bits per heavy atom. The standard InChI is InChI=1S/C15H16N2O2/c1-10-14(11(2)19-17-10)8-16-7-12-9-18-15-6-4-3-5-13(12)15/h3-6,9,16H,7-8H2,1-2H3. The molecule has 4 heteroatoms. The average Bonchev–Trinajstić information content (AvgIpc) is 2.97. The molecule has 2 heterocycles. The van der Waals surface area contributed by atoms with Gasteiger partial charge >= 0.3 is 0 Å². The third-order valence-electron chi connectivity index (χ3n) is 3.36. The van der Waals surface area contributed by atoms with Crippen molar-refractivity contribution < 1.29 is 8.94 Å². The first-order valence-corrected chi connectivity index (χ1v) is 6.33. The summed E-state index contributed by atoms with van der Waals surface area (Å²) in [6, 6.07) is 8.06. The number of hydrogen-bond donors (Lipinski definition) is 1. The van der Waals surface area contributed by atoms with Gasteiger partial charge in [-0.2, -0.15) is 0 Å². The lowest BCUT2D eigenvalue weighted by atomic mass is 10.1. The molecule has 4 nitrogen and oxygen atoms in total. The predicted molar refractivity (Wildman–Crippen MR) is 72.7 cm³/mol. The van der Waals surface area contributed by atoms with Gasteiger partial charge in [0.25, 0.3) is 0 Å². The monoisotopic (exact) mass is 256 g/mol. The fourth-order valence-electron chi connectivity index (χ4n) is 2.25. The van der Waals surface area contributed by atoms with Crippen LogP contribution in [0.25, 0.3) is 11.0 Å². The number of fused-ring (bicyclic) bond motifs is 1. The van der Waals surface area contributed by atoms with E-state index in [9.17, 15) is 0 Å². The van der Waals surface area contributed by atoms with E-state index < -0.39 is 0 Å². The molecule has 3 rings (SSSR count). The molecule has 0 aliphatic heterocycles. The molecule has 0 saturated heterocycles. The molecule has 2 aromatic heterocycles. The van der Waals surface area contributed by atoms with Crippen molar-refractivity contribution in [1.29, 1.82) is 0 Å². The van der Waals surface area contributed by atoms with Gasteiger partial charge in [-0.3, -0.25) is 0 Å². The number of aryl methyl sites for hydroxylation is 2. The number of nitrogens with zero attached hydrogens (tertiary/aromatic N) is 1. The zero-order valence-electron chi connectivity index (χ0n) is 11.1. The van der Waals surface area contributed by atoms with Crippen LogP contribution in [0.1, 0.15) is 22.6 Å². The lowest BCUT2D eigenvalue weighted by Crippen LogP contribution is -2.13. The number of para-hydroxylation sites is 1. The van der Waals surface area contributed by atoms with E-state index in [0.717, 1.165) is 41.1 Å². The lowest BCUT2D eigenvalue weighted by Gasteiger charge is -2.02. The summed E-state index contributed by atoms with van der Waals surface area (Å²) in [6.45, 7) is 5.41. The first-order valence-electron chi connectivity index (χ1n) is 6.33. The van der Waals surface area contributed by atoms with Crippen molar-refractivity contribution in [2.45, 2.75) is 26.9 Å². The first kappa shape index (κ1) is 12.0. The maximum Gasteiger partial charge on any atom is 0.138 e. The van der Waals surface area contributed by atoms with E-state index in [1.807, 2.05) is 38.3 Å². The van der Waals surface area contributed by atoms with E-state index in [1.54, 1.807) is 0 Å². The Hall–Kier alpha value is -2.07. The average molecular weight is 256 g/mol. The van der Waals surface area contributed by atoms with Crippen molar-refractivity contribution >= 4 is 11.0 Å². The van der Waals surface area contributed by atoms with Gasteiger partial charge in [0.15, 0.2) is 0 Å². The minimum atomic E-state index is 0.751. The van der Waals surface area contributed by atoms with Gasteiger partial charge in [0, 0.05) is 29.6 Å². The van der Waals surface area contributed by atoms with E-state index in [1.165, 1.54) is 5.56 Å². The summed E-state index contributed by atoms with van der Waals surface area (Å²) in [5.41, 5.74) is 4.17. The molecule has 0 radical (unpaired) electrons. The third kappa shape index (κ3) is 2.27. The van der Waals surface area contributed by atoms with Crippen LogP contribution in [0.5, 0.6) is 0 Å². The highest BCUT2D eigenvalue weighted by molar-refractivity contribution is 5.80. The second-order valence-electron chi connectivity index (χ2n) is 4.66. The molecule has 0 amide bonds. The Morgan fingerprint density at radius 3 is 2.79 bits per heavy atom. The molecule has 0 saturated carbocycles. The van der Waals surface area contributed by atoms with Gasteiger partial charge in [0.05, 0.1) is 12.0 Å². The first-order chi connectivity index (χ1) is 9.25. The predicted octanol–water partition coefficient (Wildman–Crippen LogP) is 3.33. The normalized spacial score (nSPS) is 11.3.